The van der Waals surface area contributed by atoms with Crippen molar-refractivity contribution in [2.24, 2.45) is 0 Å². The standard InChI is InChI=1S/C13H16BrNO3/c1-2-6-15(7-5-14)13(16)10-3-4-11-12(8-10)18-9-17-11/h3-4,8H,2,5-7,9H2,1H3. The number of carbonyl (C=O) groups excluding carboxylic acids is 1. The predicted molar refractivity (Wildman–Crippen MR) is 72.6 cm³/mol. The van der Waals surface area contributed by atoms with Crippen LogP contribution in [0.5, 0.6) is 11.5 Å². The Balaban J connectivity index is 2.16. The van der Waals surface area contributed by atoms with Crippen LogP contribution in [0.3, 0.4) is 0 Å². The van der Waals surface area contributed by atoms with Gasteiger partial charge in [-0.15, -0.1) is 0 Å². The lowest BCUT2D eigenvalue weighted by molar-refractivity contribution is 0.0766. The van der Waals surface area contributed by atoms with Crippen molar-refractivity contribution in [2.75, 3.05) is 25.2 Å². The summed E-state index contributed by atoms with van der Waals surface area (Å²) in [6, 6.07) is 5.32. The number of halogens is 1. The molecule has 18 heavy (non-hydrogen) atoms. The lowest BCUT2D eigenvalue weighted by Crippen LogP contribution is -2.33. The fourth-order valence-corrected chi connectivity index (χ4v) is 2.33. The number of rotatable bonds is 5. The fraction of sp³-hybridized carbons (Fsp3) is 0.462. The summed E-state index contributed by atoms with van der Waals surface area (Å²) in [6.45, 7) is 3.77. The van der Waals surface area contributed by atoms with Crippen LogP contribution in [0.15, 0.2) is 18.2 Å². The van der Waals surface area contributed by atoms with Crippen molar-refractivity contribution < 1.29 is 14.3 Å². The number of nitrogens with zero attached hydrogens (tertiary/aromatic N) is 1. The maximum absolute atomic E-state index is 12.3. The Labute approximate surface area is 115 Å². The van der Waals surface area contributed by atoms with Gasteiger partial charge in [-0.05, 0) is 24.6 Å². The second-order valence-electron chi connectivity index (χ2n) is 4.05. The summed E-state index contributed by atoms with van der Waals surface area (Å²) in [5.41, 5.74) is 0.647. The average molecular weight is 314 g/mol. The van der Waals surface area contributed by atoms with E-state index in [9.17, 15) is 4.79 Å². The first kappa shape index (κ1) is 13.2. The number of alkyl halides is 1. The molecular weight excluding hydrogens is 298 g/mol. The van der Waals surface area contributed by atoms with Crippen molar-refractivity contribution in [2.45, 2.75) is 13.3 Å². The van der Waals surface area contributed by atoms with Crippen LogP contribution in [0.1, 0.15) is 23.7 Å². The third-order valence-electron chi connectivity index (χ3n) is 2.75. The molecule has 0 atom stereocenters. The normalized spacial score (nSPS) is 12.6. The Morgan fingerprint density at radius 2 is 2.11 bits per heavy atom. The molecule has 1 aromatic carbocycles. The van der Waals surface area contributed by atoms with Crippen LogP contribution in [-0.2, 0) is 0 Å². The minimum atomic E-state index is 0.0367. The van der Waals surface area contributed by atoms with Gasteiger partial charge in [0.25, 0.3) is 5.91 Å². The molecule has 1 amide bonds. The minimum absolute atomic E-state index is 0.0367. The zero-order valence-corrected chi connectivity index (χ0v) is 11.9. The van der Waals surface area contributed by atoms with E-state index < -0.39 is 0 Å². The van der Waals surface area contributed by atoms with E-state index in [1.165, 1.54) is 0 Å². The van der Waals surface area contributed by atoms with Crippen molar-refractivity contribution >= 4 is 21.8 Å². The van der Waals surface area contributed by atoms with Gasteiger partial charge in [-0.25, -0.2) is 0 Å². The van der Waals surface area contributed by atoms with Crippen LogP contribution in [0.25, 0.3) is 0 Å². The number of ether oxygens (including phenoxy) is 2. The lowest BCUT2D eigenvalue weighted by atomic mass is 10.1. The molecule has 0 unspecified atom stereocenters. The Hall–Kier alpha value is -1.23. The van der Waals surface area contributed by atoms with Gasteiger partial charge in [0.05, 0.1) is 0 Å². The van der Waals surface area contributed by atoms with Gasteiger partial charge in [-0.3, -0.25) is 4.79 Å². The number of fused-ring (bicyclic) bond motifs is 1. The van der Waals surface area contributed by atoms with Crippen molar-refractivity contribution in [3.05, 3.63) is 23.8 Å². The van der Waals surface area contributed by atoms with Crippen molar-refractivity contribution in [1.82, 2.24) is 4.90 Å². The first-order valence-electron chi connectivity index (χ1n) is 6.01. The largest absolute Gasteiger partial charge is 0.454 e. The van der Waals surface area contributed by atoms with E-state index in [0.29, 0.717) is 23.6 Å². The van der Waals surface area contributed by atoms with Gasteiger partial charge in [0.1, 0.15) is 0 Å². The SMILES string of the molecule is CCCN(CCBr)C(=O)c1ccc2c(c1)OCO2. The second kappa shape index (κ2) is 6.09. The zero-order valence-electron chi connectivity index (χ0n) is 10.3. The molecule has 0 saturated heterocycles. The molecule has 1 aliphatic rings. The van der Waals surface area contributed by atoms with E-state index in [1.54, 1.807) is 18.2 Å². The van der Waals surface area contributed by atoms with Gasteiger partial charge in [-0.2, -0.15) is 0 Å². The van der Waals surface area contributed by atoms with E-state index in [2.05, 4.69) is 22.9 Å². The monoisotopic (exact) mass is 313 g/mol. The molecular formula is C13H16BrNO3. The molecule has 0 spiro atoms. The summed E-state index contributed by atoms with van der Waals surface area (Å²) >= 11 is 3.37. The second-order valence-corrected chi connectivity index (χ2v) is 4.84. The molecule has 0 radical (unpaired) electrons. The summed E-state index contributed by atoms with van der Waals surface area (Å²) < 4.78 is 10.5. The molecule has 98 valence electrons. The molecule has 0 N–H and O–H groups in total. The maximum Gasteiger partial charge on any atom is 0.254 e. The van der Waals surface area contributed by atoms with Crippen molar-refractivity contribution in [3.63, 3.8) is 0 Å². The summed E-state index contributed by atoms with van der Waals surface area (Å²) in [5.74, 6) is 1.39. The van der Waals surface area contributed by atoms with Crippen LogP contribution in [-0.4, -0.2) is 36.0 Å². The zero-order chi connectivity index (χ0) is 13.0. The predicted octanol–water partition coefficient (Wildman–Crippen LogP) is 2.66. The molecule has 0 aliphatic carbocycles. The maximum atomic E-state index is 12.3. The highest BCUT2D eigenvalue weighted by atomic mass is 79.9. The van der Waals surface area contributed by atoms with E-state index >= 15 is 0 Å². The van der Waals surface area contributed by atoms with Crippen LogP contribution in [0.4, 0.5) is 0 Å². The molecule has 1 heterocycles. The Morgan fingerprint density at radius 3 is 2.83 bits per heavy atom. The van der Waals surface area contributed by atoms with Crippen LogP contribution in [0.2, 0.25) is 0 Å². The molecule has 4 nitrogen and oxygen atoms in total. The Bertz CT molecular complexity index is 430. The van der Waals surface area contributed by atoms with Gasteiger partial charge in [0, 0.05) is 24.0 Å². The van der Waals surface area contributed by atoms with E-state index in [4.69, 9.17) is 9.47 Å². The van der Waals surface area contributed by atoms with Crippen LogP contribution < -0.4 is 9.47 Å². The molecule has 0 aromatic heterocycles. The summed E-state index contributed by atoms with van der Waals surface area (Å²) in [4.78, 5) is 14.2. The molecule has 1 aliphatic heterocycles. The molecule has 0 bridgehead atoms. The quantitative estimate of drug-likeness (QED) is 0.784. The smallest absolute Gasteiger partial charge is 0.254 e. The number of hydrogen-bond donors (Lipinski definition) is 0. The van der Waals surface area contributed by atoms with Gasteiger partial charge in [-0.1, -0.05) is 22.9 Å². The highest BCUT2D eigenvalue weighted by Crippen LogP contribution is 2.32. The summed E-state index contributed by atoms with van der Waals surface area (Å²) in [6.07, 6.45) is 0.948. The highest BCUT2D eigenvalue weighted by Gasteiger charge is 2.19. The minimum Gasteiger partial charge on any atom is -0.454 e. The van der Waals surface area contributed by atoms with Crippen molar-refractivity contribution in [3.8, 4) is 11.5 Å². The summed E-state index contributed by atoms with van der Waals surface area (Å²) in [5, 5.41) is 0.781. The van der Waals surface area contributed by atoms with Gasteiger partial charge in [0.2, 0.25) is 6.79 Å². The van der Waals surface area contributed by atoms with E-state index in [0.717, 1.165) is 18.3 Å². The van der Waals surface area contributed by atoms with Gasteiger partial charge in [0.15, 0.2) is 11.5 Å². The molecule has 2 rings (SSSR count). The number of amides is 1. The summed E-state index contributed by atoms with van der Waals surface area (Å²) in [7, 11) is 0. The average Bonchev–Trinajstić information content (AvgIpc) is 2.84. The first-order valence-corrected chi connectivity index (χ1v) is 7.13. The van der Waals surface area contributed by atoms with Crippen LogP contribution in [0, 0.1) is 0 Å². The Kier molecular flexibility index (Phi) is 4.47. The number of benzene rings is 1. The molecule has 1 aromatic rings. The number of carbonyl (C=O) groups is 1. The molecule has 5 heteroatoms. The third-order valence-corrected chi connectivity index (χ3v) is 3.11. The fourth-order valence-electron chi connectivity index (χ4n) is 1.90. The van der Waals surface area contributed by atoms with E-state index in [-0.39, 0.29) is 12.7 Å². The van der Waals surface area contributed by atoms with Gasteiger partial charge < -0.3 is 14.4 Å². The first-order chi connectivity index (χ1) is 8.76. The molecule has 0 saturated carbocycles. The van der Waals surface area contributed by atoms with Crippen molar-refractivity contribution in [1.29, 1.82) is 0 Å². The third kappa shape index (κ3) is 2.77. The van der Waals surface area contributed by atoms with E-state index in [1.807, 2.05) is 4.90 Å². The Morgan fingerprint density at radius 1 is 1.33 bits per heavy atom. The number of hydrogen-bond acceptors (Lipinski definition) is 3. The lowest BCUT2D eigenvalue weighted by Gasteiger charge is -2.21. The van der Waals surface area contributed by atoms with Gasteiger partial charge >= 0.3 is 0 Å². The highest BCUT2D eigenvalue weighted by molar-refractivity contribution is 9.09. The molecule has 0 fully saturated rings. The topological polar surface area (TPSA) is 38.8 Å². The van der Waals surface area contributed by atoms with Crippen LogP contribution >= 0.6 is 15.9 Å².